The third-order valence-electron chi connectivity index (χ3n) is 8.14. The van der Waals surface area contributed by atoms with Gasteiger partial charge < -0.3 is 9.47 Å². The van der Waals surface area contributed by atoms with Crippen LogP contribution in [0.2, 0.25) is 0 Å². The lowest BCUT2D eigenvalue weighted by Gasteiger charge is -2.09. The van der Waals surface area contributed by atoms with Crippen molar-refractivity contribution in [2.75, 3.05) is 13.2 Å². The van der Waals surface area contributed by atoms with Gasteiger partial charge >= 0.3 is 0 Å². The van der Waals surface area contributed by atoms with E-state index in [1.165, 1.54) is 103 Å². The topological polar surface area (TPSA) is 70.0 Å². The van der Waals surface area contributed by atoms with Crippen LogP contribution in [0.5, 0.6) is 11.8 Å². The molecule has 0 aliphatic heterocycles. The predicted molar refractivity (Wildman–Crippen MR) is 181 cm³/mol. The Morgan fingerprint density at radius 3 is 1.16 bits per heavy atom. The molecule has 0 N–H and O–H groups in total. The van der Waals surface area contributed by atoms with E-state index in [1.807, 2.05) is 0 Å². The molecule has 6 nitrogen and oxygen atoms in total. The Hall–Kier alpha value is -2.68. The Bertz CT molecular complexity index is 1120. The van der Waals surface area contributed by atoms with Crippen LogP contribution in [0.15, 0.2) is 24.3 Å². The van der Waals surface area contributed by atoms with Crippen LogP contribution in [0.25, 0.3) is 22.5 Å². The molecule has 3 heterocycles. The molecular weight excluding hydrogens is 590 g/mol. The van der Waals surface area contributed by atoms with Gasteiger partial charge in [0.2, 0.25) is 23.7 Å². The molecule has 0 aliphatic carbocycles. The number of aromatic nitrogens is 4. The molecule has 9 heteroatoms. The molecule has 0 aliphatic rings. The summed E-state index contributed by atoms with van der Waals surface area (Å²) in [5, 5.41) is 0. The summed E-state index contributed by atoms with van der Waals surface area (Å²) in [5.74, 6) is -0.994. The van der Waals surface area contributed by atoms with Crippen LogP contribution in [0.1, 0.15) is 142 Å². The van der Waals surface area contributed by atoms with Crippen LogP contribution < -0.4 is 9.47 Å². The fourth-order valence-corrected chi connectivity index (χ4v) is 6.00. The van der Waals surface area contributed by atoms with Gasteiger partial charge in [0.25, 0.3) is 0 Å². The summed E-state index contributed by atoms with van der Waals surface area (Å²) in [7, 11) is 0. The maximum atomic E-state index is 15.0. The monoisotopic (exact) mass is 644 g/mol. The van der Waals surface area contributed by atoms with Crippen LogP contribution in [0.4, 0.5) is 8.78 Å². The van der Waals surface area contributed by atoms with Gasteiger partial charge in [-0.3, -0.25) is 0 Å². The summed E-state index contributed by atoms with van der Waals surface area (Å²) in [6.07, 6.45) is 24.8. The molecule has 0 radical (unpaired) electrons. The van der Waals surface area contributed by atoms with Gasteiger partial charge in [-0.2, -0.15) is 27.5 Å². The second kappa shape index (κ2) is 22.8. The molecule has 0 atom stereocenters. The molecule has 0 aromatic carbocycles. The highest BCUT2D eigenvalue weighted by atomic mass is 32.1. The summed E-state index contributed by atoms with van der Waals surface area (Å²) in [4.78, 5) is 7.96. The SMILES string of the molecule is CCCCCCCCCCCCOc1ccc(-c2nsnc2-c2ccc(OCCCCCCCCCCCC)nc2F)c(F)n1. The van der Waals surface area contributed by atoms with Crippen LogP contribution in [0.3, 0.4) is 0 Å². The van der Waals surface area contributed by atoms with Crippen molar-refractivity contribution in [2.24, 2.45) is 0 Å². The van der Waals surface area contributed by atoms with Crippen LogP contribution in [-0.2, 0) is 0 Å². The summed E-state index contributed by atoms with van der Waals surface area (Å²) in [6, 6.07) is 6.37. The Labute approximate surface area is 274 Å². The third-order valence-corrected chi connectivity index (χ3v) is 8.67. The lowest BCUT2D eigenvalue weighted by Crippen LogP contribution is -2.02. The molecule has 0 bridgehead atoms. The van der Waals surface area contributed by atoms with Gasteiger partial charge in [-0.1, -0.05) is 129 Å². The zero-order chi connectivity index (χ0) is 32.0. The summed E-state index contributed by atoms with van der Waals surface area (Å²) in [5.41, 5.74) is 0.744. The van der Waals surface area contributed by atoms with Crippen LogP contribution in [0, 0.1) is 11.9 Å². The van der Waals surface area contributed by atoms with Crippen molar-refractivity contribution in [1.29, 1.82) is 0 Å². The number of ether oxygens (including phenoxy) is 2. The molecule has 0 amide bonds. The number of halogens is 2. The highest BCUT2D eigenvalue weighted by Gasteiger charge is 2.21. The van der Waals surface area contributed by atoms with E-state index in [4.69, 9.17) is 9.47 Å². The fraction of sp³-hybridized carbons (Fsp3) is 0.667. The van der Waals surface area contributed by atoms with E-state index >= 15 is 8.78 Å². The number of hydrogen-bond donors (Lipinski definition) is 0. The largest absolute Gasteiger partial charge is 0.478 e. The van der Waals surface area contributed by atoms with Crippen molar-refractivity contribution in [3.63, 3.8) is 0 Å². The lowest BCUT2D eigenvalue weighted by atomic mass is 10.1. The second-order valence-corrected chi connectivity index (χ2v) is 12.5. The summed E-state index contributed by atoms with van der Waals surface area (Å²) < 4.78 is 50.0. The Balaban J connectivity index is 1.39. The first-order valence-corrected chi connectivity index (χ1v) is 18.3. The van der Waals surface area contributed by atoms with Crippen molar-refractivity contribution in [3.05, 3.63) is 36.2 Å². The molecule has 0 spiro atoms. The van der Waals surface area contributed by atoms with E-state index in [0.29, 0.717) is 13.2 Å². The standard InChI is InChI=1S/C36H54F2N4O2S/c1-3-5-7-9-11-13-15-17-19-21-27-43-31-25-23-29(35(37)39-31)33-34(42-45-41-33)30-24-26-32(40-36(30)38)44-28-22-20-18-16-14-12-10-8-6-4-2/h23-26H,3-22,27-28H2,1-2H3. The molecular formula is C36H54F2N4O2S. The Kier molecular flexibility index (Phi) is 18.6. The third kappa shape index (κ3) is 14.1. The average Bonchev–Trinajstić information content (AvgIpc) is 3.52. The molecule has 0 unspecified atom stereocenters. The minimum atomic E-state index is -0.727. The number of rotatable bonds is 26. The van der Waals surface area contributed by atoms with Crippen LogP contribution >= 0.6 is 11.7 Å². The second-order valence-electron chi connectivity index (χ2n) is 12.0. The summed E-state index contributed by atoms with van der Waals surface area (Å²) in [6.45, 7) is 5.47. The van der Waals surface area contributed by atoms with E-state index in [2.05, 4.69) is 32.6 Å². The minimum Gasteiger partial charge on any atom is -0.478 e. The van der Waals surface area contributed by atoms with Gasteiger partial charge in [-0.05, 0) is 25.0 Å². The molecule has 0 saturated carbocycles. The van der Waals surface area contributed by atoms with E-state index in [9.17, 15) is 0 Å². The average molecular weight is 645 g/mol. The first-order valence-electron chi connectivity index (χ1n) is 17.6. The highest BCUT2D eigenvalue weighted by Crippen LogP contribution is 2.34. The van der Waals surface area contributed by atoms with Gasteiger partial charge in [0.1, 0.15) is 11.4 Å². The quantitative estimate of drug-likeness (QED) is 0.0640. The lowest BCUT2D eigenvalue weighted by molar-refractivity contribution is 0.289. The molecule has 3 aromatic rings. The van der Waals surface area contributed by atoms with Gasteiger partial charge in [0.15, 0.2) is 0 Å². The maximum absolute atomic E-state index is 15.0. The van der Waals surface area contributed by atoms with Gasteiger partial charge in [-0.25, -0.2) is 0 Å². The molecule has 250 valence electrons. The zero-order valence-corrected chi connectivity index (χ0v) is 28.5. The van der Waals surface area contributed by atoms with Gasteiger partial charge in [0.05, 0.1) is 36.1 Å². The van der Waals surface area contributed by atoms with Crippen molar-refractivity contribution >= 4 is 11.7 Å². The van der Waals surface area contributed by atoms with Crippen molar-refractivity contribution in [2.45, 2.75) is 142 Å². The van der Waals surface area contributed by atoms with E-state index in [0.717, 1.165) is 37.4 Å². The maximum Gasteiger partial charge on any atom is 0.225 e. The van der Waals surface area contributed by atoms with E-state index < -0.39 is 11.9 Å². The van der Waals surface area contributed by atoms with Crippen molar-refractivity contribution < 1.29 is 18.3 Å². The van der Waals surface area contributed by atoms with Crippen molar-refractivity contribution in [1.82, 2.24) is 18.7 Å². The smallest absolute Gasteiger partial charge is 0.225 e. The molecule has 45 heavy (non-hydrogen) atoms. The molecule has 3 aromatic heterocycles. The predicted octanol–water partition coefficient (Wildman–Crippen LogP) is 11.5. The minimum absolute atomic E-state index is 0.144. The number of hydrogen-bond acceptors (Lipinski definition) is 7. The molecule has 3 rings (SSSR count). The molecule has 0 fully saturated rings. The number of unbranched alkanes of at least 4 members (excludes halogenated alkanes) is 18. The van der Waals surface area contributed by atoms with Crippen molar-refractivity contribution in [3.8, 4) is 34.3 Å². The normalized spacial score (nSPS) is 11.3. The van der Waals surface area contributed by atoms with Gasteiger partial charge in [-0.15, -0.1) is 0 Å². The zero-order valence-electron chi connectivity index (χ0n) is 27.6. The van der Waals surface area contributed by atoms with Crippen LogP contribution in [-0.4, -0.2) is 31.9 Å². The van der Waals surface area contributed by atoms with E-state index in [1.54, 1.807) is 24.3 Å². The number of nitrogens with zero attached hydrogens (tertiary/aromatic N) is 4. The highest BCUT2D eigenvalue weighted by molar-refractivity contribution is 6.99. The fourth-order valence-electron chi connectivity index (χ4n) is 5.42. The summed E-state index contributed by atoms with van der Waals surface area (Å²) >= 11 is 0.889. The molecule has 0 saturated heterocycles. The Morgan fingerprint density at radius 1 is 0.489 bits per heavy atom. The van der Waals surface area contributed by atoms with E-state index in [-0.39, 0.29) is 34.3 Å². The first-order chi connectivity index (χ1) is 22.1. The Morgan fingerprint density at radius 2 is 0.822 bits per heavy atom. The van der Waals surface area contributed by atoms with Gasteiger partial charge in [0, 0.05) is 12.1 Å². The first kappa shape index (κ1) is 36.8. The number of pyridine rings is 2.